The lowest BCUT2D eigenvalue weighted by atomic mass is 10.2. The van der Waals surface area contributed by atoms with Crippen LogP contribution in [0.15, 0.2) is 42.5 Å². The molecule has 0 aliphatic rings. The van der Waals surface area contributed by atoms with Crippen molar-refractivity contribution < 1.29 is 9.59 Å². The summed E-state index contributed by atoms with van der Waals surface area (Å²) in [6.45, 7) is 1.83. The summed E-state index contributed by atoms with van der Waals surface area (Å²) in [5.74, 6) is -0.401. The molecule has 142 valence electrons. The minimum Gasteiger partial charge on any atom is -0.384 e. The highest BCUT2D eigenvalue weighted by Gasteiger charge is 2.15. The second-order valence-electron chi connectivity index (χ2n) is 5.78. The summed E-state index contributed by atoms with van der Waals surface area (Å²) in [6, 6.07) is 10.3. The zero-order valence-corrected chi connectivity index (χ0v) is 16.0. The lowest BCUT2D eigenvalue weighted by Gasteiger charge is -2.15. The largest absolute Gasteiger partial charge is 0.384 e. The predicted octanol–water partition coefficient (Wildman–Crippen LogP) is 3.10. The first-order valence-electron chi connectivity index (χ1n) is 8.00. The number of nitrogen functional groups attached to an aromatic ring is 1. The van der Waals surface area contributed by atoms with Gasteiger partial charge in [-0.15, -0.1) is 0 Å². The van der Waals surface area contributed by atoms with Crippen molar-refractivity contribution in [1.82, 2.24) is 10.6 Å². The number of anilines is 1. The van der Waals surface area contributed by atoms with E-state index in [0.717, 1.165) is 5.56 Å². The van der Waals surface area contributed by atoms with Crippen molar-refractivity contribution in [2.45, 2.75) is 19.5 Å². The number of amides is 3. The molecule has 2 aromatic rings. The Balaban J connectivity index is 1.83. The van der Waals surface area contributed by atoms with Gasteiger partial charge in [-0.25, -0.2) is 4.79 Å². The summed E-state index contributed by atoms with van der Waals surface area (Å²) in [5, 5.41) is 16.0. The van der Waals surface area contributed by atoms with Crippen LogP contribution in [-0.4, -0.2) is 23.8 Å². The maximum absolute atomic E-state index is 12.1. The second kappa shape index (κ2) is 9.25. The number of benzene rings is 2. The van der Waals surface area contributed by atoms with E-state index in [1.54, 1.807) is 49.4 Å². The van der Waals surface area contributed by atoms with Crippen LogP contribution < -0.4 is 21.7 Å². The minimum atomic E-state index is -0.746. The molecular weight excluding hydrogens is 389 g/mol. The predicted molar refractivity (Wildman–Crippen MR) is 107 cm³/mol. The molecule has 0 unspecified atom stereocenters. The smallest absolute Gasteiger partial charge is 0.319 e. The quantitative estimate of drug-likeness (QED) is 0.373. The van der Waals surface area contributed by atoms with Gasteiger partial charge in [-0.3, -0.25) is 10.2 Å². The Bertz CT molecular complexity index is 855. The Morgan fingerprint density at radius 1 is 1.11 bits per heavy atom. The lowest BCUT2D eigenvalue weighted by Crippen LogP contribution is -2.46. The Morgan fingerprint density at radius 2 is 1.78 bits per heavy atom. The molecule has 0 saturated heterocycles. The third kappa shape index (κ3) is 6.16. The molecule has 1 atom stereocenters. The molecule has 9 heteroatoms. The third-order valence-electron chi connectivity index (χ3n) is 3.65. The summed E-state index contributed by atoms with van der Waals surface area (Å²) >= 11 is 11.8. The molecule has 0 aromatic heterocycles. The van der Waals surface area contributed by atoms with Crippen molar-refractivity contribution >= 4 is 46.7 Å². The zero-order chi connectivity index (χ0) is 20.0. The van der Waals surface area contributed by atoms with E-state index in [2.05, 4.69) is 16.0 Å². The van der Waals surface area contributed by atoms with Crippen molar-refractivity contribution in [3.05, 3.63) is 63.6 Å². The number of amidine groups is 1. The summed E-state index contributed by atoms with van der Waals surface area (Å²) < 4.78 is 0. The molecule has 0 heterocycles. The summed E-state index contributed by atoms with van der Waals surface area (Å²) in [6.07, 6.45) is 0. The van der Waals surface area contributed by atoms with Crippen molar-refractivity contribution in [3.63, 3.8) is 0 Å². The van der Waals surface area contributed by atoms with Crippen molar-refractivity contribution in [2.75, 3.05) is 5.32 Å². The molecule has 0 aliphatic heterocycles. The number of nitrogens with one attached hydrogen (secondary N) is 4. The van der Waals surface area contributed by atoms with Gasteiger partial charge >= 0.3 is 6.03 Å². The number of carbonyl (C=O) groups excluding carboxylic acids is 2. The maximum atomic E-state index is 12.1. The van der Waals surface area contributed by atoms with E-state index in [-0.39, 0.29) is 18.3 Å². The molecule has 0 bridgehead atoms. The van der Waals surface area contributed by atoms with Crippen LogP contribution in [0.2, 0.25) is 10.0 Å². The molecule has 0 spiro atoms. The molecule has 0 radical (unpaired) electrons. The molecule has 0 saturated carbocycles. The molecule has 6 N–H and O–H groups in total. The highest BCUT2D eigenvalue weighted by molar-refractivity contribution is 6.42. The number of halogens is 2. The standard InChI is InChI=1S/C18H19Cl2N5O2/c1-10(17(26)23-9-11-2-7-14(19)15(20)8-11)24-18(27)25-13-5-3-12(4-6-13)16(21)22/h2-8,10H,9H2,1H3,(H3,21,22)(H,23,26)(H2,24,25,27)/t10-/m0/s1. The number of hydrogen-bond acceptors (Lipinski definition) is 3. The van der Waals surface area contributed by atoms with Crippen LogP contribution in [-0.2, 0) is 11.3 Å². The molecule has 2 aromatic carbocycles. The Hall–Kier alpha value is -2.77. The first-order valence-corrected chi connectivity index (χ1v) is 8.75. The third-order valence-corrected chi connectivity index (χ3v) is 4.38. The molecule has 0 aliphatic carbocycles. The minimum absolute atomic E-state index is 0.0572. The summed E-state index contributed by atoms with van der Waals surface area (Å²) in [4.78, 5) is 24.1. The van der Waals surface area contributed by atoms with Gasteiger partial charge in [-0.2, -0.15) is 0 Å². The van der Waals surface area contributed by atoms with Gasteiger partial charge in [0, 0.05) is 17.8 Å². The molecule has 27 heavy (non-hydrogen) atoms. The number of nitrogens with two attached hydrogens (primary N) is 1. The molecule has 2 rings (SSSR count). The summed E-state index contributed by atoms with van der Waals surface area (Å²) in [5.41, 5.74) is 7.23. The van der Waals surface area contributed by atoms with Gasteiger partial charge in [0.2, 0.25) is 5.91 Å². The van der Waals surface area contributed by atoms with Crippen molar-refractivity contribution in [1.29, 1.82) is 5.41 Å². The fourth-order valence-electron chi connectivity index (χ4n) is 2.15. The van der Waals surface area contributed by atoms with E-state index in [4.69, 9.17) is 34.3 Å². The molecule has 7 nitrogen and oxygen atoms in total. The van der Waals surface area contributed by atoms with Crippen LogP contribution in [0.25, 0.3) is 0 Å². The van der Waals surface area contributed by atoms with E-state index in [1.807, 2.05) is 0 Å². The van der Waals surface area contributed by atoms with Gasteiger partial charge in [-0.05, 0) is 48.9 Å². The van der Waals surface area contributed by atoms with Crippen LogP contribution in [0.3, 0.4) is 0 Å². The van der Waals surface area contributed by atoms with Gasteiger partial charge in [0.15, 0.2) is 0 Å². The van der Waals surface area contributed by atoms with Gasteiger partial charge in [0.05, 0.1) is 10.0 Å². The number of hydrogen-bond donors (Lipinski definition) is 5. The molecular formula is C18H19Cl2N5O2. The van der Waals surface area contributed by atoms with Gasteiger partial charge in [0.25, 0.3) is 0 Å². The average Bonchev–Trinajstić information content (AvgIpc) is 2.62. The molecule has 3 amide bonds. The fraction of sp³-hybridized carbons (Fsp3) is 0.167. The van der Waals surface area contributed by atoms with Crippen molar-refractivity contribution in [3.8, 4) is 0 Å². The van der Waals surface area contributed by atoms with E-state index >= 15 is 0 Å². The lowest BCUT2D eigenvalue weighted by molar-refractivity contribution is -0.122. The van der Waals surface area contributed by atoms with E-state index in [1.165, 1.54) is 0 Å². The molecule has 0 fully saturated rings. The van der Waals surface area contributed by atoms with Crippen LogP contribution in [0.1, 0.15) is 18.1 Å². The fourth-order valence-corrected chi connectivity index (χ4v) is 2.48. The summed E-state index contributed by atoms with van der Waals surface area (Å²) in [7, 11) is 0. The number of rotatable bonds is 6. The zero-order valence-electron chi connectivity index (χ0n) is 14.5. The van der Waals surface area contributed by atoms with Crippen LogP contribution in [0.5, 0.6) is 0 Å². The van der Waals surface area contributed by atoms with Gasteiger partial charge in [-0.1, -0.05) is 29.3 Å². The first-order chi connectivity index (χ1) is 12.8. The SMILES string of the molecule is C[C@H](NC(=O)Nc1ccc(C(=N)N)cc1)C(=O)NCc1ccc(Cl)c(Cl)c1. The highest BCUT2D eigenvalue weighted by atomic mass is 35.5. The van der Waals surface area contributed by atoms with Crippen molar-refractivity contribution in [2.24, 2.45) is 5.73 Å². The van der Waals surface area contributed by atoms with Crippen LogP contribution in [0.4, 0.5) is 10.5 Å². The van der Waals surface area contributed by atoms with Crippen LogP contribution >= 0.6 is 23.2 Å². The first kappa shape index (κ1) is 20.5. The average molecular weight is 408 g/mol. The van der Waals surface area contributed by atoms with E-state index < -0.39 is 12.1 Å². The second-order valence-corrected chi connectivity index (χ2v) is 6.59. The maximum Gasteiger partial charge on any atom is 0.319 e. The van der Waals surface area contributed by atoms with Crippen LogP contribution in [0, 0.1) is 5.41 Å². The van der Waals surface area contributed by atoms with Gasteiger partial charge < -0.3 is 21.7 Å². The Labute approximate surface area is 166 Å². The topological polar surface area (TPSA) is 120 Å². The van der Waals surface area contributed by atoms with Gasteiger partial charge in [0.1, 0.15) is 11.9 Å². The Kier molecular flexibility index (Phi) is 7.04. The van der Waals surface area contributed by atoms with E-state index in [9.17, 15) is 9.59 Å². The highest BCUT2D eigenvalue weighted by Crippen LogP contribution is 2.22. The van der Waals surface area contributed by atoms with E-state index in [0.29, 0.717) is 21.3 Å². The Morgan fingerprint density at radius 3 is 2.37 bits per heavy atom. The number of urea groups is 1. The monoisotopic (exact) mass is 407 g/mol. The normalized spacial score (nSPS) is 11.4. The number of carbonyl (C=O) groups is 2.